The number of benzene rings is 3. The molecule has 2 amide bonds. The molecule has 37 heavy (non-hydrogen) atoms. The van der Waals surface area contributed by atoms with Crippen LogP contribution in [0.5, 0.6) is 5.75 Å². The summed E-state index contributed by atoms with van der Waals surface area (Å²) in [6.45, 7) is 6.36. The molecule has 3 aromatic rings. The SMILES string of the molecule is O=C1C[C@H](C(=O)N2CCOc3ccc(CN4CCN(c5ccccc5)CC4)cc3C2)c2ccccc2N1. The van der Waals surface area contributed by atoms with E-state index in [1.165, 1.54) is 11.3 Å². The first-order valence-electron chi connectivity index (χ1n) is 13.1. The molecule has 0 bridgehead atoms. The Morgan fingerprint density at radius 2 is 1.70 bits per heavy atom. The number of carbonyl (C=O) groups is 2. The molecule has 1 saturated heterocycles. The van der Waals surface area contributed by atoms with Crippen LogP contribution in [0.3, 0.4) is 0 Å². The summed E-state index contributed by atoms with van der Waals surface area (Å²) in [7, 11) is 0. The van der Waals surface area contributed by atoms with Crippen molar-refractivity contribution < 1.29 is 14.3 Å². The van der Waals surface area contributed by atoms with Crippen LogP contribution in [0.15, 0.2) is 72.8 Å². The zero-order valence-electron chi connectivity index (χ0n) is 20.9. The van der Waals surface area contributed by atoms with Gasteiger partial charge in [0, 0.05) is 62.6 Å². The third kappa shape index (κ3) is 5.04. The summed E-state index contributed by atoms with van der Waals surface area (Å²) in [6.07, 6.45) is 0.176. The second-order valence-corrected chi connectivity index (χ2v) is 10.0. The number of nitrogens with one attached hydrogen (secondary N) is 1. The Hall–Kier alpha value is -3.84. The van der Waals surface area contributed by atoms with Gasteiger partial charge in [-0.05, 0) is 41.5 Å². The minimum atomic E-state index is -0.462. The van der Waals surface area contributed by atoms with Gasteiger partial charge in [0.15, 0.2) is 0 Å². The summed E-state index contributed by atoms with van der Waals surface area (Å²) in [6, 6.07) is 24.6. The highest BCUT2D eigenvalue weighted by Crippen LogP contribution is 2.35. The third-order valence-corrected chi connectivity index (χ3v) is 7.61. The Bertz CT molecular complexity index is 1290. The van der Waals surface area contributed by atoms with E-state index in [1.54, 1.807) is 0 Å². The Balaban J connectivity index is 1.14. The van der Waals surface area contributed by atoms with Crippen molar-refractivity contribution in [1.29, 1.82) is 0 Å². The van der Waals surface area contributed by atoms with Gasteiger partial charge in [-0.1, -0.05) is 42.5 Å². The number of piperazine rings is 1. The second-order valence-electron chi connectivity index (χ2n) is 10.0. The van der Waals surface area contributed by atoms with Crippen LogP contribution in [-0.4, -0.2) is 60.9 Å². The molecular weight excluding hydrogens is 464 g/mol. The predicted octanol–water partition coefficient (Wildman–Crippen LogP) is 3.86. The molecule has 190 valence electrons. The van der Waals surface area contributed by atoms with E-state index in [-0.39, 0.29) is 18.2 Å². The van der Waals surface area contributed by atoms with Gasteiger partial charge in [0.1, 0.15) is 12.4 Å². The van der Waals surface area contributed by atoms with Gasteiger partial charge in [-0.3, -0.25) is 14.5 Å². The summed E-state index contributed by atoms with van der Waals surface area (Å²) >= 11 is 0. The summed E-state index contributed by atoms with van der Waals surface area (Å²) in [4.78, 5) is 32.7. The van der Waals surface area contributed by atoms with Crippen LogP contribution in [0.4, 0.5) is 11.4 Å². The topological polar surface area (TPSA) is 65.1 Å². The van der Waals surface area contributed by atoms with Crippen LogP contribution in [0.25, 0.3) is 0 Å². The molecule has 7 nitrogen and oxygen atoms in total. The summed E-state index contributed by atoms with van der Waals surface area (Å²) < 4.78 is 6.02. The number of para-hydroxylation sites is 2. The molecule has 3 aromatic carbocycles. The standard InChI is InChI=1S/C30H32N4O3/c35-29-19-26(25-8-4-5-9-27(25)31-29)30(36)34-16-17-37-28-11-10-22(18-23(28)21-34)20-32-12-14-33(15-13-32)24-6-2-1-3-7-24/h1-11,18,26H,12-17,19-21H2,(H,31,35)/t26-/m0/s1. The maximum Gasteiger partial charge on any atom is 0.231 e. The van der Waals surface area contributed by atoms with Crippen molar-refractivity contribution >= 4 is 23.2 Å². The molecule has 1 N–H and O–H groups in total. The van der Waals surface area contributed by atoms with E-state index in [1.807, 2.05) is 35.2 Å². The molecule has 0 spiro atoms. The fraction of sp³-hybridized carbons (Fsp3) is 0.333. The third-order valence-electron chi connectivity index (χ3n) is 7.61. The molecule has 3 aliphatic heterocycles. The van der Waals surface area contributed by atoms with Crippen molar-refractivity contribution in [2.24, 2.45) is 0 Å². The van der Waals surface area contributed by atoms with E-state index in [4.69, 9.17) is 4.74 Å². The lowest BCUT2D eigenvalue weighted by molar-refractivity contribution is -0.135. The van der Waals surface area contributed by atoms with Gasteiger partial charge >= 0.3 is 0 Å². The van der Waals surface area contributed by atoms with Gasteiger partial charge < -0.3 is 19.9 Å². The average molecular weight is 497 g/mol. The first-order valence-corrected chi connectivity index (χ1v) is 13.1. The lowest BCUT2D eigenvalue weighted by Crippen LogP contribution is -2.45. The van der Waals surface area contributed by atoms with Gasteiger partial charge in [0.2, 0.25) is 11.8 Å². The molecule has 3 aliphatic rings. The van der Waals surface area contributed by atoms with Crippen LogP contribution in [0.1, 0.15) is 29.0 Å². The fourth-order valence-electron chi connectivity index (χ4n) is 5.65. The number of carbonyl (C=O) groups excluding carboxylic acids is 2. The first kappa shape index (κ1) is 23.6. The van der Waals surface area contributed by atoms with Crippen LogP contribution < -0.4 is 15.0 Å². The van der Waals surface area contributed by atoms with Crippen molar-refractivity contribution in [3.05, 3.63) is 89.5 Å². The molecular formula is C30H32N4O3. The van der Waals surface area contributed by atoms with Gasteiger partial charge in [-0.25, -0.2) is 0 Å². The Kier molecular flexibility index (Phi) is 6.53. The predicted molar refractivity (Wildman–Crippen MR) is 144 cm³/mol. The molecule has 3 heterocycles. The van der Waals surface area contributed by atoms with E-state index in [0.717, 1.165) is 55.3 Å². The summed E-state index contributed by atoms with van der Waals surface area (Å²) in [5.41, 5.74) is 5.17. The number of hydrogen-bond acceptors (Lipinski definition) is 5. The van der Waals surface area contributed by atoms with E-state index < -0.39 is 5.92 Å². The van der Waals surface area contributed by atoms with Crippen LogP contribution in [0.2, 0.25) is 0 Å². The summed E-state index contributed by atoms with van der Waals surface area (Å²) in [5, 5.41) is 2.89. The average Bonchev–Trinajstić information content (AvgIpc) is 3.15. The van der Waals surface area contributed by atoms with Gasteiger partial charge in [0.05, 0.1) is 12.5 Å². The van der Waals surface area contributed by atoms with Gasteiger partial charge in [-0.15, -0.1) is 0 Å². The van der Waals surface area contributed by atoms with Crippen LogP contribution >= 0.6 is 0 Å². The molecule has 7 heteroatoms. The van der Waals surface area contributed by atoms with Crippen molar-refractivity contribution in [2.45, 2.75) is 25.4 Å². The minimum absolute atomic E-state index is 0.0128. The maximum atomic E-state index is 13.7. The quantitative estimate of drug-likeness (QED) is 0.594. The Morgan fingerprint density at radius 3 is 2.54 bits per heavy atom. The number of nitrogens with zero attached hydrogens (tertiary/aromatic N) is 3. The van der Waals surface area contributed by atoms with E-state index in [0.29, 0.717) is 19.7 Å². The van der Waals surface area contributed by atoms with Crippen molar-refractivity contribution in [3.8, 4) is 5.75 Å². The zero-order valence-corrected chi connectivity index (χ0v) is 20.9. The second kappa shape index (κ2) is 10.3. The number of ether oxygens (including phenoxy) is 1. The smallest absolute Gasteiger partial charge is 0.231 e. The molecule has 0 unspecified atom stereocenters. The van der Waals surface area contributed by atoms with E-state index in [9.17, 15) is 9.59 Å². The Labute approximate surface area is 217 Å². The molecule has 0 radical (unpaired) electrons. The van der Waals surface area contributed by atoms with Crippen molar-refractivity contribution in [1.82, 2.24) is 9.80 Å². The zero-order chi connectivity index (χ0) is 25.2. The van der Waals surface area contributed by atoms with Gasteiger partial charge in [0.25, 0.3) is 0 Å². The lowest BCUT2D eigenvalue weighted by Gasteiger charge is -2.36. The number of hydrogen-bond donors (Lipinski definition) is 1. The number of rotatable bonds is 4. The summed E-state index contributed by atoms with van der Waals surface area (Å²) in [5.74, 6) is 0.254. The first-order chi connectivity index (χ1) is 18.1. The molecule has 6 rings (SSSR count). The lowest BCUT2D eigenvalue weighted by atomic mass is 9.89. The highest BCUT2D eigenvalue weighted by molar-refractivity contribution is 6.01. The number of fused-ring (bicyclic) bond motifs is 2. The molecule has 0 saturated carbocycles. The van der Waals surface area contributed by atoms with E-state index >= 15 is 0 Å². The molecule has 0 aromatic heterocycles. The molecule has 0 aliphatic carbocycles. The Morgan fingerprint density at radius 1 is 0.919 bits per heavy atom. The number of anilines is 2. The fourth-order valence-corrected chi connectivity index (χ4v) is 5.65. The largest absolute Gasteiger partial charge is 0.491 e. The van der Waals surface area contributed by atoms with Crippen LogP contribution in [-0.2, 0) is 22.7 Å². The van der Waals surface area contributed by atoms with Crippen LogP contribution in [0, 0.1) is 0 Å². The van der Waals surface area contributed by atoms with Crippen molar-refractivity contribution in [3.63, 3.8) is 0 Å². The van der Waals surface area contributed by atoms with E-state index in [2.05, 4.69) is 57.6 Å². The molecule has 1 fully saturated rings. The van der Waals surface area contributed by atoms with Crippen molar-refractivity contribution in [2.75, 3.05) is 49.5 Å². The maximum absolute atomic E-state index is 13.7. The van der Waals surface area contributed by atoms with Gasteiger partial charge in [-0.2, -0.15) is 0 Å². The highest BCUT2D eigenvalue weighted by atomic mass is 16.5. The highest BCUT2D eigenvalue weighted by Gasteiger charge is 2.34. The number of amides is 2. The molecule has 1 atom stereocenters. The normalized spacial score (nSPS) is 19.8. The monoisotopic (exact) mass is 496 g/mol. The minimum Gasteiger partial charge on any atom is -0.491 e.